The van der Waals surface area contributed by atoms with Gasteiger partial charge in [-0.05, 0) is 53.9 Å². The summed E-state index contributed by atoms with van der Waals surface area (Å²) in [5.74, 6) is -0.0583. The fourth-order valence-electron chi connectivity index (χ4n) is 4.42. The first-order valence-corrected chi connectivity index (χ1v) is 11.9. The number of hydrogen-bond donors (Lipinski definition) is 1. The molecule has 0 aliphatic carbocycles. The number of amides is 1. The lowest BCUT2D eigenvalue weighted by atomic mass is 9.95. The van der Waals surface area contributed by atoms with Crippen molar-refractivity contribution < 1.29 is 28.9 Å². The lowest BCUT2D eigenvalue weighted by molar-refractivity contribution is -0.140. The third kappa shape index (κ3) is 4.49. The van der Waals surface area contributed by atoms with Crippen LogP contribution < -0.4 is 14.2 Å². The second-order valence-corrected chi connectivity index (χ2v) is 8.57. The summed E-state index contributed by atoms with van der Waals surface area (Å²) in [5, 5.41) is 11.4. The minimum Gasteiger partial charge on any atom is -0.507 e. The predicted octanol–water partition coefficient (Wildman–Crippen LogP) is 4.26. The molecule has 0 bridgehead atoms. The molecule has 3 aromatic rings. The van der Waals surface area contributed by atoms with Crippen LogP contribution in [0, 0.1) is 0 Å². The average Bonchev–Trinajstić information content (AvgIpc) is 3.17. The number of hydrogen-bond acceptors (Lipinski definition) is 7. The van der Waals surface area contributed by atoms with Crippen molar-refractivity contribution in [2.24, 2.45) is 0 Å². The summed E-state index contributed by atoms with van der Waals surface area (Å²) in [7, 11) is 0. The number of Topliss-reactive ketones (excluding diaryl/α,β-unsaturated/α-hetero) is 1. The van der Waals surface area contributed by atoms with E-state index in [4.69, 9.17) is 14.2 Å². The van der Waals surface area contributed by atoms with Gasteiger partial charge in [-0.25, -0.2) is 0 Å². The van der Waals surface area contributed by atoms with E-state index < -0.39 is 17.7 Å². The van der Waals surface area contributed by atoms with Gasteiger partial charge in [0.2, 0.25) is 0 Å². The fourth-order valence-corrected chi connectivity index (χ4v) is 4.42. The van der Waals surface area contributed by atoms with Crippen LogP contribution in [-0.4, -0.2) is 46.5 Å². The number of rotatable bonds is 7. The molecular formula is C28H26N2O6. The van der Waals surface area contributed by atoms with Gasteiger partial charge in [0.05, 0.1) is 18.2 Å². The van der Waals surface area contributed by atoms with Crippen molar-refractivity contribution in [2.75, 3.05) is 19.8 Å². The van der Waals surface area contributed by atoms with E-state index in [0.717, 1.165) is 12.0 Å². The molecule has 8 nitrogen and oxygen atoms in total. The molecule has 2 aromatic carbocycles. The Morgan fingerprint density at radius 3 is 2.69 bits per heavy atom. The number of ether oxygens (including phenoxy) is 3. The maximum Gasteiger partial charge on any atom is 0.295 e. The Kier molecular flexibility index (Phi) is 6.58. The first kappa shape index (κ1) is 23.4. The van der Waals surface area contributed by atoms with Crippen molar-refractivity contribution in [3.63, 3.8) is 0 Å². The fraction of sp³-hybridized carbons (Fsp3) is 0.250. The molecule has 1 unspecified atom stereocenters. The highest BCUT2D eigenvalue weighted by atomic mass is 16.6. The van der Waals surface area contributed by atoms with Crippen LogP contribution in [0.2, 0.25) is 0 Å². The van der Waals surface area contributed by atoms with E-state index >= 15 is 0 Å². The zero-order valence-corrected chi connectivity index (χ0v) is 19.8. The van der Waals surface area contributed by atoms with Crippen LogP contribution in [0.15, 0.2) is 72.6 Å². The Bertz CT molecular complexity index is 1320. The van der Waals surface area contributed by atoms with Gasteiger partial charge >= 0.3 is 0 Å². The van der Waals surface area contributed by atoms with Crippen molar-refractivity contribution >= 4 is 17.4 Å². The van der Waals surface area contributed by atoms with Gasteiger partial charge in [0.15, 0.2) is 11.5 Å². The van der Waals surface area contributed by atoms with Gasteiger partial charge in [0.1, 0.15) is 24.7 Å². The third-order valence-electron chi connectivity index (χ3n) is 6.08. The molecule has 1 N–H and O–H groups in total. The van der Waals surface area contributed by atoms with E-state index in [-0.39, 0.29) is 17.9 Å². The van der Waals surface area contributed by atoms with E-state index in [1.807, 2.05) is 31.2 Å². The number of nitrogens with zero attached hydrogens (tertiary/aromatic N) is 2. The molecule has 0 saturated carbocycles. The second kappa shape index (κ2) is 10.1. The van der Waals surface area contributed by atoms with Crippen LogP contribution in [0.25, 0.3) is 5.76 Å². The van der Waals surface area contributed by atoms with Crippen LogP contribution in [0.1, 0.15) is 36.1 Å². The molecule has 0 spiro atoms. The summed E-state index contributed by atoms with van der Waals surface area (Å²) < 4.78 is 17.0. The standard InChI is InChI=1S/C28H26N2O6/c1-2-11-34-21-7-3-6-19(14-21)25-24(26(31)20-8-9-22-23(15-20)36-13-12-35-22)27(32)28(33)30(25)17-18-5-4-10-29-16-18/h3-10,14-16,25,31H,2,11-13,17H2,1H3. The van der Waals surface area contributed by atoms with E-state index in [2.05, 4.69) is 4.98 Å². The van der Waals surface area contributed by atoms with Crippen molar-refractivity contribution in [1.29, 1.82) is 0 Å². The summed E-state index contributed by atoms with van der Waals surface area (Å²) >= 11 is 0. The average molecular weight is 487 g/mol. The highest BCUT2D eigenvalue weighted by molar-refractivity contribution is 6.46. The topological polar surface area (TPSA) is 98.2 Å². The van der Waals surface area contributed by atoms with Crippen LogP contribution in [0.5, 0.6) is 17.2 Å². The zero-order valence-electron chi connectivity index (χ0n) is 19.8. The number of benzene rings is 2. The van der Waals surface area contributed by atoms with Crippen LogP contribution >= 0.6 is 0 Å². The Morgan fingerprint density at radius 2 is 1.92 bits per heavy atom. The van der Waals surface area contributed by atoms with Gasteiger partial charge in [-0.1, -0.05) is 25.1 Å². The monoisotopic (exact) mass is 486 g/mol. The Labute approximate surface area is 208 Å². The zero-order chi connectivity index (χ0) is 25.1. The summed E-state index contributed by atoms with van der Waals surface area (Å²) in [5.41, 5.74) is 1.79. The van der Waals surface area contributed by atoms with Gasteiger partial charge in [0, 0.05) is 24.5 Å². The van der Waals surface area contributed by atoms with Gasteiger partial charge < -0.3 is 24.2 Å². The number of carbonyl (C=O) groups excluding carboxylic acids is 2. The molecule has 3 heterocycles. The third-order valence-corrected chi connectivity index (χ3v) is 6.08. The number of aliphatic hydroxyl groups excluding tert-OH is 1. The summed E-state index contributed by atoms with van der Waals surface area (Å²) in [4.78, 5) is 32.2. The molecule has 0 radical (unpaired) electrons. The van der Waals surface area contributed by atoms with Gasteiger partial charge in [-0.2, -0.15) is 0 Å². The number of ketones is 1. The van der Waals surface area contributed by atoms with Crippen LogP contribution in [0.3, 0.4) is 0 Å². The molecule has 184 valence electrons. The molecule has 1 fully saturated rings. The molecule has 1 aromatic heterocycles. The molecule has 1 atom stereocenters. The lowest BCUT2D eigenvalue weighted by Crippen LogP contribution is -2.29. The molecule has 1 saturated heterocycles. The van der Waals surface area contributed by atoms with Crippen LogP contribution in [-0.2, 0) is 16.1 Å². The molecular weight excluding hydrogens is 460 g/mol. The number of fused-ring (bicyclic) bond motifs is 1. The number of aromatic nitrogens is 1. The number of likely N-dealkylation sites (tertiary alicyclic amines) is 1. The van der Waals surface area contributed by atoms with E-state index in [0.29, 0.717) is 48.2 Å². The highest BCUT2D eigenvalue weighted by Crippen LogP contribution is 2.42. The molecule has 2 aliphatic heterocycles. The molecule has 8 heteroatoms. The predicted molar refractivity (Wildman–Crippen MR) is 132 cm³/mol. The van der Waals surface area contributed by atoms with E-state index in [1.54, 1.807) is 42.7 Å². The first-order chi connectivity index (χ1) is 17.6. The normalized spacial score (nSPS) is 18.4. The van der Waals surface area contributed by atoms with Gasteiger partial charge in [0.25, 0.3) is 11.7 Å². The van der Waals surface area contributed by atoms with E-state index in [1.165, 1.54) is 4.90 Å². The summed E-state index contributed by atoms with van der Waals surface area (Å²) in [6, 6.07) is 15.0. The Balaban J connectivity index is 1.62. The van der Waals surface area contributed by atoms with Crippen molar-refractivity contribution in [3.8, 4) is 17.2 Å². The summed E-state index contributed by atoms with van der Waals surface area (Å²) in [6.45, 7) is 3.53. The molecule has 5 rings (SSSR count). The quantitative estimate of drug-likeness (QED) is 0.303. The van der Waals surface area contributed by atoms with Crippen LogP contribution in [0.4, 0.5) is 0 Å². The molecule has 1 amide bonds. The van der Waals surface area contributed by atoms with Crippen molar-refractivity contribution in [2.45, 2.75) is 25.9 Å². The highest BCUT2D eigenvalue weighted by Gasteiger charge is 2.46. The molecule has 2 aliphatic rings. The molecule has 36 heavy (non-hydrogen) atoms. The van der Waals surface area contributed by atoms with Crippen molar-refractivity contribution in [3.05, 3.63) is 89.3 Å². The van der Waals surface area contributed by atoms with Crippen molar-refractivity contribution in [1.82, 2.24) is 9.88 Å². The summed E-state index contributed by atoms with van der Waals surface area (Å²) in [6.07, 6.45) is 4.14. The Hall–Kier alpha value is -4.33. The number of carbonyl (C=O) groups is 2. The van der Waals surface area contributed by atoms with Gasteiger partial charge in [-0.15, -0.1) is 0 Å². The minimum atomic E-state index is -0.816. The SMILES string of the molecule is CCCOc1cccc(C2C(=C(O)c3ccc4c(c3)OCCO4)C(=O)C(=O)N2Cc2cccnc2)c1. The van der Waals surface area contributed by atoms with Gasteiger partial charge in [-0.3, -0.25) is 14.6 Å². The smallest absolute Gasteiger partial charge is 0.295 e. The maximum absolute atomic E-state index is 13.3. The van der Waals surface area contributed by atoms with E-state index in [9.17, 15) is 14.7 Å². The largest absolute Gasteiger partial charge is 0.507 e. The minimum absolute atomic E-state index is 0.00760. The number of aliphatic hydroxyl groups is 1. The lowest BCUT2D eigenvalue weighted by Gasteiger charge is -2.26. The first-order valence-electron chi connectivity index (χ1n) is 11.9. The second-order valence-electron chi connectivity index (χ2n) is 8.57. The Morgan fingerprint density at radius 1 is 1.08 bits per heavy atom. The maximum atomic E-state index is 13.3. The number of pyridine rings is 1.